The van der Waals surface area contributed by atoms with E-state index in [2.05, 4.69) is 71.6 Å². The third-order valence-electron chi connectivity index (χ3n) is 7.08. The molecule has 0 N–H and O–H groups in total. The Morgan fingerprint density at radius 3 is 2.37 bits per heavy atom. The maximum Gasteiger partial charge on any atom is 0.309 e. The Morgan fingerprint density at radius 1 is 1.19 bits per heavy atom. The van der Waals surface area contributed by atoms with Gasteiger partial charge in [-0.25, -0.2) is 0 Å². The Kier molecular flexibility index (Phi) is 7.35. The molecule has 2 rings (SSSR count). The molecule has 2 nitrogen and oxygen atoms in total. The average Bonchev–Trinajstić information content (AvgIpc) is 2.59. The molecule has 1 saturated carbocycles. The van der Waals surface area contributed by atoms with Gasteiger partial charge in [0.15, 0.2) is 0 Å². The fourth-order valence-corrected chi connectivity index (χ4v) is 5.89. The SMILES string of the molecule is CC(C)[C@@H]1CC[C@@H](C)C[C@H]1OC(=O)C(C)(CCc1ccccc1)[Si](C)(C)C. The molecule has 1 aliphatic carbocycles. The molecule has 0 aliphatic heterocycles. The maximum absolute atomic E-state index is 13.5. The van der Waals surface area contributed by atoms with Crippen molar-refractivity contribution < 1.29 is 9.53 Å². The van der Waals surface area contributed by atoms with Gasteiger partial charge >= 0.3 is 5.97 Å². The molecule has 1 aromatic rings. The Balaban J connectivity index is 2.15. The van der Waals surface area contributed by atoms with Gasteiger partial charge in [-0.2, -0.15) is 0 Å². The number of hydrogen-bond acceptors (Lipinski definition) is 2. The first-order chi connectivity index (χ1) is 12.5. The fourth-order valence-electron chi connectivity index (χ4n) is 4.34. The maximum atomic E-state index is 13.5. The van der Waals surface area contributed by atoms with Crippen LogP contribution in [0.2, 0.25) is 24.7 Å². The lowest BCUT2D eigenvalue weighted by Gasteiger charge is -2.42. The quantitative estimate of drug-likeness (QED) is 0.383. The molecule has 1 unspecified atom stereocenters. The number of esters is 1. The second-order valence-corrected chi connectivity index (χ2v) is 15.9. The molecule has 0 spiro atoms. The predicted octanol–water partition coefficient (Wildman–Crippen LogP) is 6.72. The lowest BCUT2D eigenvalue weighted by Crippen LogP contribution is -2.47. The molecule has 0 heterocycles. The lowest BCUT2D eigenvalue weighted by molar-refractivity contribution is -0.159. The summed E-state index contributed by atoms with van der Waals surface area (Å²) in [5.41, 5.74) is 1.31. The Morgan fingerprint density at radius 2 is 1.81 bits per heavy atom. The number of benzene rings is 1. The molecular formula is C24H40O2Si. The van der Waals surface area contributed by atoms with Crippen molar-refractivity contribution in [1.29, 1.82) is 0 Å². The van der Waals surface area contributed by atoms with Gasteiger partial charge in [0.05, 0.1) is 13.1 Å². The van der Waals surface area contributed by atoms with Crippen LogP contribution in [0.5, 0.6) is 0 Å². The summed E-state index contributed by atoms with van der Waals surface area (Å²) in [5.74, 6) is 1.78. The fraction of sp³-hybridized carbons (Fsp3) is 0.708. The van der Waals surface area contributed by atoms with E-state index in [1.54, 1.807) is 0 Å². The van der Waals surface area contributed by atoms with Crippen LogP contribution in [0.3, 0.4) is 0 Å². The monoisotopic (exact) mass is 388 g/mol. The molecule has 0 aromatic heterocycles. The summed E-state index contributed by atoms with van der Waals surface area (Å²) in [7, 11) is -1.75. The van der Waals surface area contributed by atoms with Crippen LogP contribution in [0.4, 0.5) is 0 Å². The van der Waals surface area contributed by atoms with Crippen LogP contribution >= 0.6 is 0 Å². The van der Waals surface area contributed by atoms with Gasteiger partial charge in [-0.1, -0.05) is 84.1 Å². The Labute approximate surface area is 168 Å². The van der Waals surface area contributed by atoms with E-state index < -0.39 is 8.07 Å². The summed E-state index contributed by atoms with van der Waals surface area (Å²) in [6.07, 6.45) is 5.37. The van der Waals surface area contributed by atoms with E-state index in [0.717, 1.165) is 19.3 Å². The summed E-state index contributed by atoms with van der Waals surface area (Å²) < 4.78 is 6.31. The lowest BCUT2D eigenvalue weighted by atomic mass is 9.75. The first-order valence-corrected chi connectivity index (χ1v) is 14.3. The summed E-state index contributed by atoms with van der Waals surface area (Å²) in [5, 5.41) is -0.356. The standard InChI is InChI=1S/C24H40O2Si/c1-18(2)21-14-13-19(3)17-22(21)26-23(25)24(4,27(5,6)7)16-15-20-11-9-8-10-12-20/h8-12,18-19,21-22H,13-17H2,1-7H3/t19-,21+,22-,24?/m1/s1. The third kappa shape index (κ3) is 5.46. The van der Waals surface area contributed by atoms with Crippen LogP contribution in [-0.2, 0) is 16.0 Å². The summed E-state index contributed by atoms with van der Waals surface area (Å²) in [4.78, 5) is 13.5. The largest absolute Gasteiger partial charge is 0.462 e. The molecule has 27 heavy (non-hydrogen) atoms. The molecule has 4 atom stereocenters. The third-order valence-corrected chi connectivity index (χ3v) is 10.8. The van der Waals surface area contributed by atoms with E-state index in [0.29, 0.717) is 17.8 Å². The van der Waals surface area contributed by atoms with Crippen LogP contribution in [0.25, 0.3) is 0 Å². The van der Waals surface area contributed by atoms with E-state index >= 15 is 0 Å². The van der Waals surface area contributed by atoms with Gasteiger partial charge in [-0.15, -0.1) is 0 Å². The first kappa shape index (κ1) is 22.2. The van der Waals surface area contributed by atoms with Crippen molar-refractivity contribution in [3.63, 3.8) is 0 Å². The van der Waals surface area contributed by atoms with Crippen molar-refractivity contribution in [2.45, 2.75) is 90.6 Å². The highest BCUT2D eigenvalue weighted by Crippen LogP contribution is 2.45. The molecule has 0 radical (unpaired) electrons. The molecule has 0 bridgehead atoms. The number of rotatable bonds is 7. The molecule has 1 aliphatic rings. The molecular weight excluding hydrogens is 348 g/mol. The van der Waals surface area contributed by atoms with E-state index in [-0.39, 0.29) is 17.1 Å². The minimum atomic E-state index is -1.75. The van der Waals surface area contributed by atoms with Crippen molar-refractivity contribution in [2.75, 3.05) is 0 Å². The molecule has 0 saturated heterocycles. The summed E-state index contributed by atoms with van der Waals surface area (Å²) >= 11 is 0. The summed E-state index contributed by atoms with van der Waals surface area (Å²) in [6.45, 7) is 15.9. The predicted molar refractivity (Wildman–Crippen MR) is 118 cm³/mol. The van der Waals surface area contributed by atoms with E-state index in [9.17, 15) is 4.79 Å². The highest BCUT2D eigenvalue weighted by atomic mass is 28.3. The van der Waals surface area contributed by atoms with Crippen LogP contribution in [-0.4, -0.2) is 20.1 Å². The van der Waals surface area contributed by atoms with Crippen molar-refractivity contribution in [1.82, 2.24) is 0 Å². The average molecular weight is 389 g/mol. The zero-order chi connectivity index (χ0) is 20.2. The number of hydrogen-bond donors (Lipinski definition) is 0. The number of carbonyl (C=O) groups is 1. The highest BCUT2D eigenvalue weighted by Gasteiger charge is 2.48. The molecule has 0 amide bonds. The number of aryl methyl sites for hydroxylation is 1. The van der Waals surface area contributed by atoms with E-state index in [1.807, 2.05) is 6.07 Å². The normalized spacial score (nSPS) is 25.9. The number of carbonyl (C=O) groups excluding carboxylic acids is 1. The Hall–Kier alpha value is -1.09. The molecule has 1 aromatic carbocycles. The van der Waals surface area contributed by atoms with Crippen molar-refractivity contribution >= 4 is 14.0 Å². The van der Waals surface area contributed by atoms with Crippen LogP contribution in [0.15, 0.2) is 30.3 Å². The van der Waals surface area contributed by atoms with Crippen molar-refractivity contribution in [3.8, 4) is 0 Å². The van der Waals surface area contributed by atoms with Gasteiger partial charge in [0.1, 0.15) is 6.10 Å². The van der Waals surface area contributed by atoms with E-state index in [1.165, 1.54) is 18.4 Å². The second-order valence-electron chi connectivity index (χ2n) is 10.3. The smallest absolute Gasteiger partial charge is 0.309 e. The van der Waals surface area contributed by atoms with Crippen LogP contribution in [0.1, 0.15) is 58.9 Å². The highest BCUT2D eigenvalue weighted by molar-refractivity contribution is 6.82. The van der Waals surface area contributed by atoms with Gasteiger partial charge in [0, 0.05) is 0 Å². The second kappa shape index (κ2) is 8.94. The molecule has 1 fully saturated rings. The van der Waals surface area contributed by atoms with Gasteiger partial charge < -0.3 is 4.74 Å². The zero-order valence-corrected chi connectivity index (χ0v) is 19.5. The van der Waals surface area contributed by atoms with Gasteiger partial charge in [0.2, 0.25) is 0 Å². The minimum absolute atomic E-state index is 0.0577. The zero-order valence-electron chi connectivity index (χ0n) is 18.5. The van der Waals surface area contributed by atoms with Crippen LogP contribution < -0.4 is 0 Å². The van der Waals surface area contributed by atoms with Crippen LogP contribution in [0, 0.1) is 17.8 Å². The molecule has 152 valence electrons. The Bertz CT molecular complexity index is 605. The van der Waals surface area contributed by atoms with Crippen molar-refractivity contribution in [3.05, 3.63) is 35.9 Å². The van der Waals surface area contributed by atoms with Crippen molar-refractivity contribution in [2.24, 2.45) is 17.8 Å². The minimum Gasteiger partial charge on any atom is -0.462 e. The van der Waals surface area contributed by atoms with Gasteiger partial charge in [-0.3, -0.25) is 4.79 Å². The first-order valence-electron chi connectivity index (χ1n) is 10.8. The van der Waals surface area contributed by atoms with E-state index in [4.69, 9.17) is 4.74 Å². The molecule has 3 heteroatoms. The van der Waals surface area contributed by atoms with Gasteiger partial charge in [-0.05, 0) is 49.0 Å². The topological polar surface area (TPSA) is 26.3 Å². The van der Waals surface area contributed by atoms with Gasteiger partial charge in [0.25, 0.3) is 0 Å². The summed E-state index contributed by atoms with van der Waals surface area (Å²) in [6, 6.07) is 10.5. The number of ether oxygens (including phenoxy) is 1.